The van der Waals surface area contributed by atoms with Gasteiger partial charge in [-0.1, -0.05) is 46.9 Å². The Balaban J connectivity index is 2.11. The van der Waals surface area contributed by atoms with Crippen molar-refractivity contribution in [2.75, 3.05) is 0 Å². The number of alkyl halides is 3. The molecule has 0 saturated heterocycles. The van der Waals surface area contributed by atoms with E-state index in [1.807, 2.05) is 0 Å². The molecule has 0 fully saturated rings. The molecule has 0 bridgehead atoms. The number of aliphatic hydroxyl groups excluding tert-OH is 1. The molecule has 1 heterocycles. The summed E-state index contributed by atoms with van der Waals surface area (Å²) in [6.07, 6.45) is -9.14. The summed E-state index contributed by atoms with van der Waals surface area (Å²) in [4.78, 5) is 25.7. The molecule has 32 heavy (non-hydrogen) atoms. The minimum Gasteiger partial charge on any atom is -0.384 e. The van der Waals surface area contributed by atoms with E-state index in [4.69, 9.17) is 34.8 Å². The van der Waals surface area contributed by atoms with E-state index < -0.39 is 42.0 Å². The van der Waals surface area contributed by atoms with Crippen molar-refractivity contribution in [2.24, 2.45) is 0 Å². The van der Waals surface area contributed by atoms with Gasteiger partial charge in [0.05, 0.1) is 16.9 Å². The standard InChI is InChI=1S/C21H14Cl3F3N2O3/c22-12-3-1-11(2-4-12)17-10-16(18(30)5-6-19(31)21(25,26)27)20(32)29(28-17)15-8-13(23)7-14(24)9-15/h1-4,7-10,19,31H,5-6H2. The molecule has 0 aliphatic rings. The second kappa shape index (κ2) is 9.62. The third-order valence-electron chi connectivity index (χ3n) is 4.47. The van der Waals surface area contributed by atoms with Crippen LogP contribution in [0.5, 0.6) is 0 Å². The van der Waals surface area contributed by atoms with Crippen molar-refractivity contribution in [1.82, 2.24) is 9.78 Å². The number of ketones is 1. The van der Waals surface area contributed by atoms with Crippen LogP contribution in [-0.2, 0) is 0 Å². The maximum absolute atomic E-state index is 13.0. The van der Waals surface area contributed by atoms with Crippen molar-refractivity contribution in [3.63, 3.8) is 0 Å². The molecule has 5 nitrogen and oxygen atoms in total. The highest BCUT2D eigenvalue weighted by atomic mass is 35.5. The van der Waals surface area contributed by atoms with Gasteiger partial charge in [0.25, 0.3) is 5.56 Å². The van der Waals surface area contributed by atoms with Crippen LogP contribution in [-0.4, -0.2) is 33.0 Å². The lowest BCUT2D eigenvalue weighted by atomic mass is 10.0. The van der Waals surface area contributed by atoms with Crippen molar-refractivity contribution in [3.05, 3.63) is 79.5 Å². The average molecular weight is 506 g/mol. The van der Waals surface area contributed by atoms with Crippen LogP contribution in [0.1, 0.15) is 23.2 Å². The Bertz CT molecular complexity index is 1190. The summed E-state index contributed by atoms with van der Waals surface area (Å²) >= 11 is 17.9. The Morgan fingerprint density at radius 2 is 1.59 bits per heavy atom. The Morgan fingerprint density at radius 3 is 2.16 bits per heavy atom. The van der Waals surface area contributed by atoms with E-state index in [-0.39, 0.29) is 21.4 Å². The van der Waals surface area contributed by atoms with Gasteiger partial charge in [0.2, 0.25) is 0 Å². The molecule has 0 aliphatic carbocycles. The first-order chi connectivity index (χ1) is 15.0. The summed E-state index contributed by atoms with van der Waals surface area (Å²) in [5.74, 6) is -0.877. The van der Waals surface area contributed by atoms with E-state index in [0.29, 0.717) is 10.6 Å². The van der Waals surface area contributed by atoms with Crippen LogP contribution in [0.4, 0.5) is 13.2 Å². The number of aliphatic hydroxyl groups is 1. The van der Waals surface area contributed by atoms with Gasteiger partial charge in [-0.3, -0.25) is 9.59 Å². The lowest BCUT2D eigenvalue weighted by Crippen LogP contribution is -2.31. The number of carbonyl (C=O) groups excluding carboxylic acids is 1. The number of carbonyl (C=O) groups is 1. The van der Waals surface area contributed by atoms with Crippen molar-refractivity contribution < 1.29 is 23.1 Å². The van der Waals surface area contributed by atoms with Crippen molar-refractivity contribution in [1.29, 1.82) is 0 Å². The molecule has 11 heteroatoms. The van der Waals surface area contributed by atoms with Gasteiger partial charge in [0, 0.05) is 27.1 Å². The Morgan fingerprint density at radius 1 is 1.00 bits per heavy atom. The molecule has 0 radical (unpaired) electrons. The molecule has 168 valence electrons. The number of aromatic nitrogens is 2. The first kappa shape index (κ1) is 24.3. The van der Waals surface area contributed by atoms with Crippen molar-refractivity contribution >= 4 is 40.6 Å². The minimum absolute atomic E-state index is 0.160. The minimum atomic E-state index is -4.87. The fourth-order valence-corrected chi connectivity index (χ4v) is 3.50. The van der Waals surface area contributed by atoms with Gasteiger partial charge in [0.15, 0.2) is 5.78 Å². The van der Waals surface area contributed by atoms with E-state index >= 15 is 0 Å². The molecule has 0 amide bonds. The molecular weight excluding hydrogens is 492 g/mol. The van der Waals surface area contributed by atoms with E-state index in [1.165, 1.54) is 24.3 Å². The number of benzene rings is 2. The Kier molecular flexibility index (Phi) is 7.29. The van der Waals surface area contributed by atoms with Gasteiger partial charge in [-0.25, -0.2) is 0 Å². The molecule has 0 saturated carbocycles. The van der Waals surface area contributed by atoms with Gasteiger partial charge in [-0.05, 0) is 42.8 Å². The topological polar surface area (TPSA) is 72.2 Å². The highest BCUT2D eigenvalue weighted by Crippen LogP contribution is 2.26. The molecule has 1 atom stereocenters. The molecule has 1 unspecified atom stereocenters. The second-order valence-corrected chi connectivity index (χ2v) is 8.12. The first-order valence-corrected chi connectivity index (χ1v) is 10.2. The molecular formula is C21H14Cl3F3N2O3. The molecule has 3 rings (SSSR count). The number of rotatable bonds is 6. The van der Waals surface area contributed by atoms with Crippen LogP contribution >= 0.6 is 34.8 Å². The van der Waals surface area contributed by atoms with Crippen LogP contribution in [0.3, 0.4) is 0 Å². The van der Waals surface area contributed by atoms with E-state index in [0.717, 1.165) is 4.68 Å². The summed E-state index contributed by atoms with van der Waals surface area (Å²) < 4.78 is 38.7. The third-order valence-corrected chi connectivity index (χ3v) is 5.15. The van der Waals surface area contributed by atoms with Crippen LogP contribution in [0, 0.1) is 0 Å². The third kappa shape index (κ3) is 5.69. The Hall–Kier alpha value is -2.39. The normalized spacial score (nSPS) is 12.6. The van der Waals surface area contributed by atoms with Crippen molar-refractivity contribution in [2.45, 2.75) is 25.1 Å². The maximum Gasteiger partial charge on any atom is 0.414 e. The van der Waals surface area contributed by atoms with Crippen LogP contribution < -0.4 is 5.56 Å². The highest BCUT2D eigenvalue weighted by Gasteiger charge is 2.38. The zero-order chi connectivity index (χ0) is 23.6. The SMILES string of the molecule is O=C(CCC(O)C(F)(F)F)c1cc(-c2ccc(Cl)cc2)nn(-c2cc(Cl)cc(Cl)c2)c1=O. The van der Waals surface area contributed by atoms with Gasteiger partial charge in [0.1, 0.15) is 6.10 Å². The van der Waals surface area contributed by atoms with Gasteiger partial charge in [-0.15, -0.1) is 0 Å². The first-order valence-electron chi connectivity index (χ1n) is 9.10. The Labute approximate surface area is 195 Å². The quantitative estimate of drug-likeness (QED) is 0.433. The highest BCUT2D eigenvalue weighted by molar-refractivity contribution is 6.34. The second-order valence-electron chi connectivity index (χ2n) is 6.81. The molecule has 3 aromatic rings. The summed E-state index contributed by atoms with van der Waals surface area (Å²) in [6.45, 7) is 0. The van der Waals surface area contributed by atoms with E-state index in [1.54, 1.807) is 24.3 Å². The summed E-state index contributed by atoms with van der Waals surface area (Å²) in [6, 6.07) is 11.8. The average Bonchev–Trinajstić information content (AvgIpc) is 2.71. The van der Waals surface area contributed by atoms with Gasteiger partial charge < -0.3 is 5.11 Å². The molecule has 2 aromatic carbocycles. The number of Topliss-reactive ketones (excluding diaryl/α,β-unsaturated/α-hetero) is 1. The predicted octanol–water partition coefficient (Wildman–Crippen LogP) is 5.75. The fraction of sp³-hybridized carbons (Fsp3) is 0.190. The van der Waals surface area contributed by atoms with Gasteiger partial charge >= 0.3 is 6.18 Å². The molecule has 0 aliphatic heterocycles. The monoisotopic (exact) mass is 504 g/mol. The number of halogens is 6. The number of hydrogen-bond donors (Lipinski definition) is 1. The molecule has 0 spiro atoms. The lowest BCUT2D eigenvalue weighted by Gasteiger charge is -2.14. The molecule has 1 aromatic heterocycles. The van der Waals surface area contributed by atoms with E-state index in [9.17, 15) is 27.9 Å². The van der Waals surface area contributed by atoms with Crippen LogP contribution in [0.2, 0.25) is 15.1 Å². The van der Waals surface area contributed by atoms with Gasteiger partial charge in [-0.2, -0.15) is 23.0 Å². The fourth-order valence-electron chi connectivity index (χ4n) is 2.86. The largest absolute Gasteiger partial charge is 0.414 e. The summed E-state index contributed by atoms with van der Waals surface area (Å²) in [5, 5.41) is 14.3. The maximum atomic E-state index is 13.0. The summed E-state index contributed by atoms with van der Waals surface area (Å²) in [5.41, 5.74) is -0.409. The smallest absolute Gasteiger partial charge is 0.384 e. The zero-order valence-corrected chi connectivity index (χ0v) is 18.3. The zero-order valence-electron chi connectivity index (χ0n) is 16.0. The van der Waals surface area contributed by atoms with E-state index in [2.05, 4.69) is 5.10 Å². The van der Waals surface area contributed by atoms with Crippen molar-refractivity contribution in [3.8, 4) is 16.9 Å². The van der Waals surface area contributed by atoms with Crippen LogP contribution in [0.15, 0.2) is 53.3 Å². The molecule has 1 N–H and O–H groups in total. The number of hydrogen-bond acceptors (Lipinski definition) is 4. The van der Waals surface area contributed by atoms with Crippen LogP contribution in [0.25, 0.3) is 16.9 Å². The number of nitrogens with zero attached hydrogens (tertiary/aromatic N) is 2. The lowest BCUT2D eigenvalue weighted by molar-refractivity contribution is -0.204. The predicted molar refractivity (Wildman–Crippen MR) is 116 cm³/mol. The summed E-state index contributed by atoms with van der Waals surface area (Å²) in [7, 11) is 0.